The molecule has 0 rings (SSSR count). The Morgan fingerprint density at radius 2 is 0.647 bits per heavy atom. The first kappa shape index (κ1) is 19.3. The van der Waals surface area contributed by atoms with Crippen LogP contribution in [0.4, 0.5) is 0 Å². The van der Waals surface area contributed by atoms with Gasteiger partial charge in [-0.25, -0.2) is 0 Å². The summed E-state index contributed by atoms with van der Waals surface area (Å²) in [5.41, 5.74) is 0. The zero-order valence-corrected chi connectivity index (χ0v) is 12.6. The first-order valence-electron chi connectivity index (χ1n) is 7.94. The predicted molar refractivity (Wildman–Crippen MR) is 79.5 cm³/mol. The lowest BCUT2D eigenvalue weighted by molar-refractivity contribution is 0.318. The van der Waals surface area contributed by atoms with Crippen molar-refractivity contribution >= 4 is 0 Å². The lowest BCUT2D eigenvalue weighted by atomic mass is 10.1. The normalized spacial score (nSPS) is 9.88. The van der Waals surface area contributed by atoms with Crippen LogP contribution in [0.5, 0.6) is 0 Å². The number of rotatable bonds is 11. The molecule has 17 heavy (non-hydrogen) atoms. The summed E-state index contributed by atoms with van der Waals surface area (Å²) >= 11 is 0. The minimum atomic E-state index is 0.250. The Labute approximate surface area is 110 Å². The molecule has 0 aliphatic carbocycles. The van der Waals surface area contributed by atoms with Gasteiger partial charge in [-0.2, -0.15) is 0 Å². The van der Waals surface area contributed by atoms with Crippen LogP contribution in [-0.2, 0) is 0 Å². The summed E-state index contributed by atoms with van der Waals surface area (Å²) in [6, 6.07) is 0. The molecule has 0 aromatic carbocycles. The average Bonchev–Trinajstić information content (AvgIpc) is 2.33. The smallest absolute Gasteiger partial charge is 0.0402 e. The molecule has 0 radical (unpaired) electrons. The van der Waals surface area contributed by atoms with E-state index in [4.69, 9.17) is 5.11 Å². The summed E-state index contributed by atoms with van der Waals surface area (Å²) in [5.74, 6) is 0. The Morgan fingerprint density at radius 1 is 0.471 bits per heavy atom. The van der Waals surface area contributed by atoms with E-state index in [1.54, 1.807) is 6.92 Å². The van der Waals surface area contributed by atoms with Crippen LogP contribution < -0.4 is 0 Å². The highest BCUT2D eigenvalue weighted by Crippen LogP contribution is 2.11. The van der Waals surface area contributed by atoms with Gasteiger partial charge in [-0.05, 0) is 6.92 Å². The maximum Gasteiger partial charge on any atom is 0.0402 e. The van der Waals surface area contributed by atoms with E-state index in [-0.39, 0.29) is 6.61 Å². The van der Waals surface area contributed by atoms with Gasteiger partial charge in [0.1, 0.15) is 0 Å². The highest BCUT2D eigenvalue weighted by Gasteiger charge is 1.91. The fraction of sp³-hybridized carbons (Fsp3) is 1.00. The van der Waals surface area contributed by atoms with Crippen LogP contribution in [0.15, 0.2) is 0 Å². The fourth-order valence-electron chi connectivity index (χ4n) is 1.91. The summed E-state index contributed by atoms with van der Waals surface area (Å²) in [5, 5.41) is 7.57. The molecule has 0 aliphatic heterocycles. The summed E-state index contributed by atoms with van der Waals surface area (Å²) in [4.78, 5) is 0. The average molecular weight is 244 g/mol. The number of unbranched alkanes of at least 4 members (excludes halogenated alkanes) is 11. The monoisotopic (exact) mass is 244 g/mol. The second-order valence-corrected chi connectivity index (χ2v) is 4.85. The van der Waals surface area contributed by atoms with Gasteiger partial charge in [0.2, 0.25) is 0 Å². The zero-order chi connectivity index (χ0) is 13.2. The third-order valence-electron chi connectivity index (χ3n) is 2.96. The van der Waals surface area contributed by atoms with Crippen molar-refractivity contribution in [3.8, 4) is 0 Å². The molecule has 0 saturated heterocycles. The number of aliphatic hydroxyl groups excluding tert-OH is 1. The van der Waals surface area contributed by atoms with Gasteiger partial charge in [0.25, 0.3) is 0 Å². The topological polar surface area (TPSA) is 20.2 Å². The van der Waals surface area contributed by atoms with Crippen LogP contribution in [-0.4, -0.2) is 11.7 Å². The fourth-order valence-corrected chi connectivity index (χ4v) is 1.91. The molecule has 0 amide bonds. The van der Waals surface area contributed by atoms with Crippen LogP contribution in [0, 0.1) is 0 Å². The lowest BCUT2D eigenvalue weighted by Gasteiger charge is -2.01. The van der Waals surface area contributed by atoms with Crippen molar-refractivity contribution in [3.63, 3.8) is 0 Å². The number of aliphatic hydroxyl groups is 1. The molecule has 0 spiro atoms. The minimum absolute atomic E-state index is 0.250. The van der Waals surface area contributed by atoms with Crippen molar-refractivity contribution in [2.24, 2.45) is 0 Å². The zero-order valence-electron chi connectivity index (χ0n) is 12.6. The Bertz CT molecular complexity index is 89.7. The molecule has 0 aliphatic rings. The maximum atomic E-state index is 7.57. The molecule has 0 atom stereocenters. The van der Waals surface area contributed by atoms with Gasteiger partial charge >= 0.3 is 0 Å². The van der Waals surface area contributed by atoms with Gasteiger partial charge in [-0.3, -0.25) is 0 Å². The van der Waals surface area contributed by atoms with Crippen LogP contribution in [0.3, 0.4) is 0 Å². The second-order valence-electron chi connectivity index (χ2n) is 4.85. The molecule has 1 nitrogen and oxygen atoms in total. The van der Waals surface area contributed by atoms with E-state index in [2.05, 4.69) is 13.8 Å². The Morgan fingerprint density at radius 3 is 0.824 bits per heavy atom. The van der Waals surface area contributed by atoms with Crippen molar-refractivity contribution in [1.29, 1.82) is 0 Å². The molecule has 0 fully saturated rings. The summed E-state index contributed by atoms with van der Waals surface area (Å²) in [6.45, 7) is 6.50. The van der Waals surface area contributed by atoms with E-state index in [9.17, 15) is 0 Å². The predicted octanol–water partition coefficient (Wildman–Crippen LogP) is 5.71. The Kier molecular flexibility index (Phi) is 24.1. The van der Waals surface area contributed by atoms with Crippen molar-refractivity contribution in [2.75, 3.05) is 6.61 Å². The Hall–Kier alpha value is -0.0400. The van der Waals surface area contributed by atoms with Gasteiger partial charge in [0, 0.05) is 6.61 Å². The third kappa shape index (κ3) is 25.9. The van der Waals surface area contributed by atoms with Crippen molar-refractivity contribution in [3.05, 3.63) is 0 Å². The van der Waals surface area contributed by atoms with Crippen LogP contribution in [0.25, 0.3) is 0 Å². The molecular weight excluding hydrogens is 208 g/mol. The summed E-state index contributed by atoms with van der Waals surface area (Å²) in [7, 11) is 0. The molecular formula is C16H36O. The van der Waals surface area contributed by atoms with E-state index >= 15 is 0 Å². The quantitative estimate of drug-likeness (QED) is 0.462. The van der Waals surface area contributed by atoms with E-state index in [1.807, 2.05) is 0 Å². The van der Waals surface area contributed by atoms with Crippen molar-refractivity contribution in [2.45, 2.75) is 97.8 Å². The van der Waals surface area contributed by atoms with Crippen LogP contribution in [0.2, 0.25) is 0 Å². The standard InChI is InChI=1S/C14H30.C2H6O/c1-3-5-7-9-11-13-14-12-10-8-6-4-2;1-2-3/h3-14H2,1-2H3;3H,2H2,1H3. The van der Waals surface area contributed by atoms with Crippen LogP contribution in [0.1, 0.15) is 97.8 Å². The minimum Gasteiger partial charge on any atom is -0.397 e. The van der Waals surface area contributed by atoms with Crippen molar-refractivity contribution in [1.82, 2.24) is 0 Å². The van der Waals surface area contributed by atoms with Crippen LogP contribution >= 0.6 is 0 Å². The van der Waals surface area contributed by atoms with E-state index < -0.39 is 0 Å². The highest BCUT2D eigenvalue weighted by atomic mass is 16.2. The molecule has 0 aromatic rings. The van der Waals surface area contributed by atoms with Gasteiger partial charge in [0.15, 0.2) is 0 Å². The van der Waals surface area contributed by atoms with Crippen molar-refractivity contribution < 1.29 is 5.11 Å². The molecule has 0 unspecified atom stereocenters. The maximum absolute atomic E-state index is 7.57. The third-order valence-corrected chi connectivity index (χ3v) is 2.96. The molecule has 106 valence electrons. The molecule has 0 bridgehead atoms. The van der Waals surface area contributed by atoms with E-state index in [1.165, 1.54) is 77.0 Å². The van der Waals surface area contributed by atoms with E-state index in [0.29, 0.717) is 0 Å². The number of hydrogen-bond acceptors (Lipinski definition) is 1. The number of hydrogen-bond donors (Lipinski definition) is 1. The lowest BCUT2D eigenvalue weighted by Crippen LogP contribution is -1.81. The van der Waals surface area contributed by atoms with Gasteiger partial charge in [0.05, 0.1) is 0 Å². The first-order valence-corrected chi connectivity index (χ1v) is 7.94. The molecule has 1 heteroatoms. The van der Waals surface area contributed by atoms with Gasteiger partial charge in [-0.1, -0.05) is 90.9 Å². The SMILES string of the molecule is CCCCCCCCCCCCCC.CCO. The molecule has 0 saturated carbocycles. The Balaban J connectivity index is 0. The van der Waals surface area contributed by atoms with Gasteiger partial charge < -0.3 is 5.11 Å². The largest absolute Gasteiger partial charge is 0.397 e. The highest BCUT2D eigenvalue weighted by molar-refractivity contribution is 4.47. The molecule has 1 N–H and O–H groups in total. The van der Waals surface area contributed by atoms with Gasteiger partial charge in [-0.15, -0.1) is 0 Å². The summed E-state index contributed by atoms with van der Waals surface area (Å²) < 4.78 is 0. The second kappa shape index (κ2) is 21.3. The molecule has 0 heterocycles. The summed E-state index contributed by atoms with van der Waals surface area (Å²) in [6.07, 6.45) is 17.4. The molecule has 0 aromatic heterocycles. The first-order chi connectivity index (χ1) is 8.33. The van der Waals surface area contributed by atoms with E-state index in [0.717, 1.165) is 0 Å².